The normalized spacial score (nSPS) is 32.3. The van der Waals surface area contributed by atoms with Gasteiger partial charge in [-0.25, -0.2) is 0 Å². The Bertz CT molecular complexity index is 1550. The molecule has 5 unspecified atom stereocenters. The summed E-state index contributed by atoms with van der Waals surface area (Å²) in [5, 5.41) is 82.0. The van der Waals surface area contributed by atoms with Crippen LogP contribution < -0.4 is 5.43 Å². The molecule has 220 valence electrons. The first kappa shape index (κ1) is 28.8. The summed E-state index contributed by atoms with van der Waals surface area (Å²) in [7, 11) is 0. The minimum Gasteiger partial charge on any atom is -0.507 e. The molecule has 41 heavy (non-hydrogen) atoms. The number of aliphatic hydroxyl groups excluding tert-OH is 4. The highest BCUT2D eigenvalue weighted by Crippen LogP contribution is 2.45. The predicted octanol–water partition coefficient (Wildman–Crippen LogP) is -0.115. The molecule has 1 aromatic heterocycles. The van der Waals surface area contributed by atoms with Crippen LogP contribution in [-0.2, 0) is 19.0 Å². The highest BCUT2D eigenvalue weighted by molar-refractivity contribution is 5.92. The average Bonchev–Trinajstić information content (AvgIpc) is 2.92. The molecule has 2 saturated heterocycles. The Morgan fingerprint density at radius 3 is 2.17 bits per heavy atom. The highest BCUT2D eigenvalue weighted by atomic mass is 16.7. The third-order valence-electron chi connectivity index (χ3n) is 7.30. The quantitative estimate of drug-likeness (QED) is 0.189. The van der Waals surface area contributed by atoms with Gasteiger partial charge in [0.2, 0.25) is 0 Å². The van der Waals surface area contributed by atoms with E-state index < -0.39 is 100 Å². The second kappa shape index (κ2) is 10.6. The molecule has 0 saturated carbocycles. The number of hydrogen-bond acceptors (Lipinski definition) is 14. The van der Waals surface area contributed by atoms with Gasteiger partial charge in [-0.1, -0.05) is 0 Å². The number of phenols is 4. The molecule has 2 fully saturated rings. The largest absolute Gasteiger partial charge is 0.507 e. The van der Waals surface area contributed by atoms with Gasteiger partial charge in [0, 0.05) is 17.7 Å². The maximum Gasteiger partial charge on any atom is 0.197 e. The number of fused-ring (bicyclic) bond motifs is 1. The zero-order chi connectivity index (χ0) is 29.9. The maximum absolute atomic E-state index is 13.1. The third kappa shape index (κ3) is 4.89. The van der Waals surface area contributed by atoms with E-state index in [-0.39, 0.29) is 16.9 Å². The molecule has 2 aliphatic heterocycles. The summed E-state index contributed by atoms with van der Waals surface area (Å²) < 4.78 is 22.5. The van der Waals surface area contributed by atoms with Gasteiger partial charge in [-0.2, -0.15) is 0 Å². The van der Waals surface area contributed by atoms with Crippen molar-refractivity contribution in [2.24, 2.45) is 0 Å². The Morgan fingerprint density at radius 1 is 0.780 bits per heavy atom. The van der Waals surface area contributed by atoms with E-state index >= 15 is 0 Å². The van der Waals surface area contributed by atoms with Crippen molar-refractivity contribution in [3.63, 3.8) is 0 Å². The lowest BCUT2D eigenvalue weighted by Gasteiger charge is -2.43. The molecular formula is C27H28O14. The molecular weight excluding hydrogens is 548 g/mol. The van der Waals surface area contributed by atoms with Crippen LogP contribution in [0.4, 0.5) is 0 Å². The molecule has 3 aromatic rings. The summed E-state index contributed by atoms with van der Waals surface area (Å²) in [6, 6.07) is 5.67. The molecule has 3 heterocycles. The Hall–Kier alpha value is -3.76. The van der Waals surface area contributed by atoms with Crippen LogP contribution in [0.2, 0.25) is 0 Å². The smallest absolute Gasteiger partial charge is 0.197 e. The highest BCUT2D eigenvalue weighted by Gasteiger charge is 2.50. The molecule has 8 N–H and O–H groups in total. The van der Waals surface area contributed by atoms with Gasteiger partial charge >= 0.3 is 0 Å². The first-order chi connectivity index (χ1) is 19.3. The molecule has 14 nitrogen and oxygen atoms in total. The number of carbonyl (C=O) groups is 1. The van der Waals surface area contributed by atoms with E-state index in [1.54, 1.807) is 0 Å². The second-order valence-corrected chi connectivity index (χ2v) is 10.1. The Kier molecular flexibility index (Phi) is 7.42. The monoisotopic (exact) mass is 576 g/mol. The fourth-order valence-corrected chi connectivity index (χ4v) is 4.96. The van der Waals surface area contributed by atoms with Crippen molar-refractivity contribution in [3.8, 4) is 34.3 Å². The number of ether oxygens (including phenoxy) is 3. The molecule has 0 amide bonds. The van der Waals surface area contributed by atoms with Crippen LogP contribution in [0.25, 0.3) is 22.3 Å². The molecule has 0 radical (unpaired) electrons. The molecule has 2 aromatic carbocycles. The zero-order valence-electron chi connectivity index (χ0n) is 21.6. The standard InChI is InChI=1S/C27H28O14/c1-8-20(33)23(36)26(41-27-24(37)22(35)19(32)9(2)39-27)25(38-8)18-14(31)7-16-17(21(18)34)13(30)6-15(40-16)10-3-4-11(28)12(29)5-10/h3-9,19-20,22,24-29,31-35,37H,1-2H3/t8?,9?,19-,20?,22-,24?,25+,26?,27-/m0/s1. The lowest BCUT2D eigenvalue weighted by atomic mass is 9.90. The topological polar surface area (TPSA) is 237 Å². The summed E-state index contributed by atoms with van der Waals surface area (Å²) in [6.45, 7) is 2.74. The maximum atomic E-state index is 13.1. The summed E-state index contributed by atoms with van der Waals surface area (Å²) in [5.74, 6) is -3.42. The Morgan fingerprint density at radius 2 is 1.49 bits per heavy atom. The summed E-state index contributed by atoms with van der Waals surface area (Å²) in [4.78, 5) is 26.3. The minimum atomic E-state index is -1.82. The van der Waals surface area contributed by atoms with Crippen LogP contribution in [0.1, 0.15) is 25.5 Å². The van der Waals surface area contributed by atoms with Crippen molar-refractivity contribution in [2.45, 2.75) is 69.0 Å². The Balaban J connectivity index is 1.58. The van der Waals surface area contributed by atoms with E-state index in [1.807, 2.05) is 0 Å². The van der Waals surface area contributed by atoms with E-state index in [1.165, 1.54) is 26.0 Å². The SMILES string of the molecule is CC1O[C@H](c2c(O)cc3oc(-c4ccc(O)c(O)c4)cc(=O)c3c2O)C(O[C@@H]2OC(C)[C@H](O)[C@H](O)C2O)C(=O)C1O. The first-order valence-electron chi connectivity index (χ1n) is 12.6. The second-order valence-electron chi connectivity index (χ2n) is 10.1. The van der Waals surface area contributed by atoms with Crippen molar-refractivity contribution in [1.29, 1.82) is 0 Å². The zero-order valence-corrected chi connectivity index (χ0v) is 21.6. The van der Waals surface area contributed by atoms with E-state index in [0.717, 1.165) is 18.2 Å². The van der Waals surface area contributed by atoms with Crippen molar-refractivity contribution < 1.29 is 64.3 Å². The third-order valence-corrected chi connectivity index (χ3v) is 7.30. The van der Waals surface area contributed by atoms with Gasteiger partial charge in [0.05, 0.1) is 17.8 Å². The van der Waals surface area contributed by atoms with Crippen molar-refractivity contribution in [3.05, 3.63) is 46.1 Å². The van der Waals surface area contributed by atoms with E-state index in [2.05, 4.69) is 0 Å². The Labute approximate surface area is 230 Å². The molecule has 0 bridgehead atoms. The molecule has 14 heteroatoms. The lowest BCUT2D eigenvalue weighted by molar-refractivity contribution is -0.314. The van der Waals surface area contributed by atoms with Crippen molar-refractivity contribution in [2.75, 3.05) is 0 Å². The van der Waals surface area contributed by atoms with Crippen LogP contribution in [0, 0.1) is 0 Å². The van der Waals surface area contributed by atoms with Gasteiger partial charge in [-0.05, 0) is 32.0 Å². The van der Waals surface area contributed by atoms with Crippen LogP contribution in [-0.4, -0.2) is 95.7 Å². The summed E-state index contributed by atoms with van der Waals surface area (Å²) >= 11 is 0. The number of aliphatic hydroxyl groups is 4. The number of phenolic OH excluding ortho intramolecular Hbond substituents is 4. The summed E-state index contributed by atoms with van der Waals surface area (Å²) in [5.41, 5.74) is -1.32. The van der Waals surface area contributed by atoms with E-state index in [4.69, 9.17) is 18.6 Å². The van der Waals surface area contributed by atoms with Gasteiger partial charge < -0.3 is 59.5 Å². The lowest BCUT2D eigenvalue weighted by Crippen LogP contribution is -2.60. The molecule has 0 spiro atoms. The van der Waals surface area contributed by atoms with Crippen LogP contribution in [0.5, 0.6) is 23.0 Å². The van der Waals surface area contributed by atoms with Crippen LogP contribution in [0.15, 0.2) is 39.5 Å². The van der Waals surface area contributed by atoms with Crippen molar-refractivity contribution in [1.82, 2.24) is 0 Å². The number of carbonyl (C=O) groups excluding carboxylic acids is 1. The van der Waals surface area contributed by atoms with Crippen LogP contribution in [0.3, 0.4) is 0 Å². The molecule has 5 rings (SSSR count). The number of ketones is 1. The van der Waals surface area contributed by atoms with Gasteiger partial charge in [-0.3, -0.25) is 9.59 Å². The van der Waals surface area contributed by atoms with Gasteiger partial charge in [-0.15, -0.1) is 0 Å². The molecule has 9 atom stereocenters. The number of aromatic hydroxyl groups is 4. The number of benzene rings is 2. The first-order valence-corrected chi connectivity index (χ1v) is 12.6. The number of hydrogen-bond donors (Lipinski definition) is 8. The van der Waals surface area contributed by atoms with Crippen molar-refractivity contribution >= 4 is 16.8 Å². The molecule has 2 aliphatic rings. The average molecular weight is 577 g/mol. The molecule has 0 aliphatic carbocycles. The number of Topliss-reactive ketones (excluding diaryl/α,β-unsaturated/α-hetero) is 1. The fraction of sp³-hybridized carbons (Fsp3) is 0.407. The summed E-state index contributed by atoms with van der Waals surface area (Å²) in [6.07, 6.45) is -14.1. The minimum absolute atomic E-state index is 0.0651. The number of rotatable bonds is 4. The van der Waals surface area contributed by atoms with Crippen LogP contribution >= 0.6 is 0 Å². The van der Waals surface area contributed by atoms with E-state index in [0.29, 0.717) is 0 Å². The predicted molar refractivity (Wildman–Crippen MR) is 136 cm³/mol. The van der Waals surface area contributed by atoms with E-state index in [9.17, 15) is 50.4 Å². The van der Waals surface area contributed by atoms with Gasteiger partial charge in [0.1, 0.15) is 58.7 Å². The van der Waals surface area contributed by atoms with Gasteiger partial charge in [0.25, 0.3) is 0 Å². The fourth-order valence-electron chi connectivity index (χ4n) is 4.96. The van der Waals surface area contributed by atoms with Gasteiger partial charge in [0.15, 0.2) is 35.1 Å².